The molecule has 1 rings (SSSR count). The quantitative estimate of drug-likeness (QED) is 0.327. The van der Waals surface area contributed by atoms with Crippen molar-refractivity contribution in [2.75, 3.05) is 19.6 Å². The summed E-state index contributed by atoms with van der Waals surface area (Å²) in [6, 6.07) is 3.94. The highest BCUT2D eigenvalue weighted by Gasteiger charge is 2.14. The Bertz CT molecular complexity index is 582. The van der Waals surface area contributed by atoms with Crippen molar-refractivity contribution in [3.8, 4) is 0 Å². The zero-order chi connectivity index (χ0) is 17.4. The number of ether oxygens (including phenoxy) is 2. The van der Waals surface area contributed by atoms with Crippen molar-refractivity contribution in [2.24, 2.45) is 0 Å². The molecule has 0 aromatic heterocycles. The van der Waals surface area contributed by atoms with Crippen LogP contribution in [0.5, 0.6) is 0 Å². The topological polar surface area (TPSA) is 52.6 Å². The van der Waals surface area contributed by atoms with Crippen molar-refractivity contribution in [1.29, 1.82) is 0 Å². The molecule has 0 aliphatic heterocycles. The Labute approximate surface area is 142 Å². The third kappa shape index (κ3) is 5.71. The molecule has 23 heavy (non-hydrogen) atoms. The fourth-order valence-electron chi connectivity index (χ4n) is 2.42. The normalized spacial score (nSPS) is 11.3. The molecule has 0 N–H and O–H groups in total. The number of carbonyl (C=O) groups is 2. The zero-order valence-electron chi connectivity index (χ0n) is 14.1. The number of hydrogen-bond donors (Lipinski definition) is 0. The smallest absolute Gasteiger partial charge is 0.338 e. The molecule has 5 heteroatoms. The minimum atomic E-state index is -0.428. The second-order valence-corrected chi connectivity index (χ2v) is 5.67. The molecule has 0 aliphatic rings. The SMILES string of the molecule is COC(=O)/C(=C/CCCOC(=O)c1c(C)cc(C)cc1C)CCl. The minimum absolute atomic E-state index is 0.105. The first-order chi connectivity index (χ1) is 10.9. The van der Waals surface area contributed by atoms with Crippen LogP contribution < -0.4 is 0 Å². The van der Waals surface area contributed by atoms with Crippen molar-refractivity contribution >= 4 is 23.5 Å². The molecule has 0 unspecified atom stereocenters. The summed E-state index contributed by atoms with van der Waals surface area (Å²) < 4.78 is 9.93. The van der Waals surface area contributed by atoms with Gasteiger partial charge in [-0.05, 0) is 44.7 Å². The molecule has 4 nitrogen and oxygen atoms in total. The van der Waals surface area contributed by atoms with Crippen LogP contribution in [0.25, 0.3) is 0 Å². The molecule has 0 heterocycles. The fourth-order valence-corrected chi connectivity index (χ4v) is 2.64. The van der Waals surface area contributed by atoms with Crippen molar-refractivity contribution < 1.29 is 19.1 Å². The summed E-state index contributed by atoms with van der Waals surface area (Å²) in [5, 5.41) is 0. The zero-order valence-corrected chi connectivity index (χ0v) is 14.8. The Morgan fingerprint density at radius 2 is 1.78 bits per heavy atom. The lowest BCUT2D eigenvalue weighted by molar-refractivity contribution is -0.136. The van der Waals surface area contributed by atoms with Crippen LogP contribution in [0, 0.1) is 20.8 Å². The Morgan fingerprint density at radius 3 is 2.30 bits per heavy atom. The number of unbranched alkanes of at least 4 members (excludes halogenated alkanes) is 1. The number of halogens is 1. The molecular weight excluding hydrogens is 316 g/mol. The average molecular weight is 339 g/mol. The first kappa shape index (κ1) is 19.2. The van der Waals surface area contributed by atoms with Crippen LogP contribution in [0.2, 0.25) is 0 Å². The van der Waals surface area contributed by atoms with Crippen LogP contribution in [0.1, 0.15) is 39.9 Å². The average Bonchev–Trinajstić information content (AvgIpc) is 2.49. The van der Waals surface area contributed by atoms with E-state index in [0.717, 1.165) is 16.7 Å². The summed E-state index contributed by atoms with van der Waals surface area (Å²) in [5.74, 6) is -0.633. The third-order valence-corrected chi connectivity index (χ3v) is 3.73. The second kappa shape index (κ2) is 9.36. The van der Waals surface area contributed by atoms with Gasteiger partial charge in [0.15, 0.2) is 0 Å². The monoisotopic (exact) mass is 338 g/mol. The molecule has 0 spiro atoms. The Balaban J connectivity index is 2.52. The van der Waals surface area contributed by atoms with Gasteiger partial charge in [0.05, 0.1) is 25.2 Å². The molecule has 0 saturated carbocycles. The second-order valence-electron chi connectivity index (χ2n) is 5.41. The summed E-state index contributed by atoms with van der Waals surface area (Å²) >= 11 is 5.68. The largest absolute Gasteiger partial charge is 0.466 e. The fraction of sp³-hybridized carbons (Fsp3) is 0.444. The molecular formula is C18H23ClO4. The third-order valence-electron chi connectivity index (χ3n) is 3.45. The van der Waals surface area contributed by atoms with Gasteiger partial charge in [0.25, 0.3) is 0 Å². The molecule has 0 fully saturated rings. The van der Waals surface area contributed by atoms with Gasteiger partial charge in [-0.15, -0.1) is 11.6 Å². The van der Waals surface area contributed by atoms with Crippen LogP contribution in [0.15, 0.2) is 23.8 Å². The number of esters is 2. The standard InChI is InChI=1S/C18H23ClO4/c1-12-9-13(2)16(14(3)10-12)18(21)23-8-6-5-7-15(11-19)17(20)22-4/h7,9-10H,5-6,8,11H2,1-4H3/b15-7+. The summed E-state index contributed by atoms with van der Waals surface area (Å²) in [7, 11) is 1.32. The van der Waals surface area contributed by atoms with Crippen molar-refractivity contribution in [1.82, 2.24) is 0 Å². The number of carbonyl (C=O) groups excluding carboxylic acids is 2. The maximum Gasteiger partial charge on any atom is 0.338 e. The molecule has 0 amide bonds. The van der Waals surface area contributed by atoms with Crippen LogP contribution in [-0.2, 0) is 14.3 Å². The Hall–Kier alpha value is -1.81. The molecule has 126 valence electrons. The molecule has 0 radical (unpaired) electrons. The Morgan fingerprint density at radius 1 is 1.17 bits per heavy atom. The summed E-state index contributed by atoms with van der Waals surface area (Å²) in [4.78, 5) is 23.5. The van der Waals surface area contributed by atoms with Crippen LogP contribution in [-0.4, -0.2) is 31.5 Å². The van der Waals surface area contributed by atoms with Crippen molar-refractivity contribution in [2.45, 2.75) is 33.6 Å². The number of methoxy groups -OCH3 is 1. The molecule has 0 atom stereocenters. The Kier molecular flexibility index (Phi) is 7.83. The number of allylic oxidation sites excluding steroid dienone is 1. The first-order valence-corrected chi connectivity index (χ1v) is 8.02. The number of rotatable bonds is 7. The van der Waals surface area contributed by atoms with E-state index in [4.69, 9.17) is 16.3 Å². The van der Waals surface area contributed by atoms with E-state index in [1.54, 1.807) is 6.08 Å². The van der Waals surface area contributed by atoms with E-state index in [9.17, 15) is 9.59 Å². The maximum atomic E-state index is 12.2. The van der Waals surface area contributed by atoms with Gasteiger partial charge in [0.2, 0.25) is 0 Å². The molecule has 0 saturated heterocycles. The van der Waals surface area contributed by atoms with Gasteiger partial charge in [-0.2, -0.15) is 0 Å². The van der Waals surface area contributed by atoms with Gasteiger partial charge >= 0.3 is 11.9 Å². The number of hydrogen-bond acceptors (Lipinski definition) is 4. The van der Waals surface area contributed by atoms with Crippen LogP contribution in [0.4, 0.5) is 0 Å². The van der Waals surface area contributed by atoms with E-state index in [1.165, 1.54) is 7.11 Å². The molecule has 1 aromatic rings. The molecule has 1 aromatic carbocycles. The predicted molar refractivity (Wildman–Crippen MR) is 91.0 cm³/mol. The van der Waals surface area contributed by atoms with Gasteiger partial charge in [-0.1, -0.05) is 23.8 Å². The molecule has 0 aliphatic carbocycles. The minimum Gasteiger partial charge on any atom is -0.466 e. The highest BCUT2D eigenvalue weighted by Crippen LogP contribution is 2.17. The van der Waals surface area contributed by atoms with Gasteiger partial charge < -0.3 is 9.47 Å². The van der Waals surface area contributed by atoms with E-state index < -0.39 is 5.97 Å². The number of benzene rings is 1. The van der Waals surface area contributed by atoms with Gasteiger partial charge in [0, 0.05) is 5.57 Å². The summed E-state index contributed by atoms with van der Waals surface area (Å²) in [5.41, 5.74) is 4.01. The van der Waals surface area contributed by atoms with Gasteiger partial charge in [-0.25, -0.2) is 9.59 Å². The number of aryl methyl sites for hydroxylation is 3. The highest BCUT2D eigenvalue weighted by atomic mass is 35.5. The van der Waals surface area contributed by atoms with Crippen molar-refractivity contribution in [3.63, 3.8) is 0 Å². The first-order valence-electron chi connectivity index (χ1n) is 7.49. The van der Waals surface area contributed by atoms with E-state index in [2.05, 4.69) is 4.74 Å². The van der Waals surface area contributed by atoms with E-state index in [0.29, 0.717) is 30.6 Å². The lowest BCUT2D eigenvalue weighted by Crippen LogP contribution is -2.10. The van der Waals surface area contributed by atoms with Crippen LogP contribution >= 0.6 is 11.6 Å². The lowest BCUT2D eigenvalue weighted by Gasteiger charge is -2.11. The maximum absolute atomic E-state index is 12.2. The van der Waals surface area contributed by atoms with E-state index in [-0.39, 0.29) is 11.8 Å². The van der Waals surface area contributed by atoms with Gasteiger partial charge in [-0.3, -0.25) is 0 Å². The van der Waals surface area contributed by atoms with E-state index in [1.807, 2.05) is 32.9 Å². The van der Waals surface area contributed by atoms with Gasteiger partial charge in [0.1, 0.15) is 0 Å². The highest BCUT2D eigenvalue weighted by molar-refractivity contribution is 6.22. The van der Waals surface area contributed by atoms with Crippen LogP contribution in [0.3, 0.4) is 0 Å². The summed E-state index contributed by atoms with van der Waals surface area (Å²) in [6.45, 7) is 6.10. The molecule has 0 bridgehead atoms. The number of alkyl halides is 1. The predicted octanol–water partition coefficient (Wildman–Crippen LogP) is 3.89. The van der Waals surface area contributed by atoms with Crippen molar-refractivity contribution in [3.05, 3.63) is 46.0 Å². The summed E-state index contributed by atoms with van der Waals surface area (Å²) in [6.07, 6.45) is 2.93. The van der Waals surface area contributed by atoms with E-state index >= 15 is 0 Å². The lowest BCUT2D eigenvalue weighted by atomic mass is 10.00.